The van der Waals surface area contributed by atoms with E-state index >= 15 is 0 Å². The summed E-state index contributed by atoms with van der Waals surface area (Å²) in [6.45, 7) is -0.517. The highest BCUT2D eigenvalue weighted by Gasteiger charge is 2.12. The number of rotatable bonds is 2. The Hall–Kier alpha value is -2.16. The third-order valence-corrected chi connectivity index (χ3v) is 2.23. The average molecular weight is 222 g/mol. The third kappa shape index (κ3) is 1.67. The number of halogens is 2. The average Bonchev–Trinajstić information content (AvgIpc) is 2.54. The lowest BCUT2D eigenvalue weighted by atomic mass is 10.2. The van der Waals surface area contributed by atoms with Crippen LogP contribution in [0.4, 0.5) is 14.7 Å². The number of fused-ring (bicyclic) bond motifs is 1. The fraction of sp³-hybridized carbons (Fsp3) is 0.200. The van der Waals surface area contributed by atoms with E-state index in [9.17, 15) is 8.78 Å². The van der Waals surface area contributed by atoms with Crippen molar-refractivity contribution in [3.05, 3.63) is 23.8 Å². The van der Waals surface area contributed by atoms with E-state index in [1.165, 1.54) is 10.6 Å². The van der Waals surface area contributed by atoms with E-state index < -0.39 is 13.0 Å². The number of alkyl halides is 2. The van der Waals surface area contributed by atoms with Gasteiger partial charge in [0.2, 0.25) is 5.95 Å². The zero-order chi connectivity index (χ0) is 11.7. The molecule has 0 bridgehead atoms. The number of imidazole rings is 1. The molecule has 1 heterocycles. The molecule has 0 radical (unpaired) electrons. The second-order valence-corrected chi connectivity index (χ2v) is 3.29. The molecule has 2 N–H and O–H groups in total. The SMILES string of the molecule is N#Cc1ccc2nc(N)n(CC(F)F)c2c1. The van der Waals surface area contributed by atoms with E-state index in [4.69, 9.17) is 11.0 Å². The zero-order valence-electron chi connectivity index (χ0n) is 8.19. The molecular formula is C10H8F2N4. The summed E-state index contributed by atoms with van der Waals surface area (Å²) in [7, 11) is 0. The fourth-order valence-corrected chi connectivity index (χ4v) is 1.54. The molecule has 2 aromatic rings. The van der Waals surface area contributed by atoms with Gasteiger partial charge in [-0.1, -0.05) is 0 Å². The molecule has 0 atom stereocenters. The Bertz CT molecular complexity index is 568. The number of hydrogen-bond acceptors (Lipinski definition) is 3. The minimum Gasteiger partial charge on any atom is -0.369 e. The molecule has 4 nitrogen and oxygen atoms in total. The van der Waals surface area contributed by atoms with Crippen molar-refractivity contribution in [3.8, 4) is 6.07 Å². The van der Waals surface area contributed by atoms with Crippen LogP contribution in [0.5, 0.6) is 0 Å². The molecule has 0 saturated heterocycles. The number of anilines is 1. The van der Waals surface area contributed by atoms with Crippen molar-refractivity contribution in [2.45, 2.75) is 13.0 Å². The topological polar surface area (TPSA) is 67.6 Å². The summed E-state index contributed by atoms with van der Waals surface area (Å²) in [6, 6.07) is 6.60. The minimum atomic E-state index is -2.51. The molecule has 0 amide bonds. The van der Waals surface area contributed by atoms with Gasteiger partial charge >= 0.3 is 0 Å². The number of nitriles is 1. The highest BCUT2D eigenvalue weighted by Crippen LogP contribution is 2.20. The first-order chi connectivity index (χ1) is 7.61. The number of hydrogen-bond donors (Lipinski definition) is 1. The lowest BCUT2D eigenvalue weighted by Crippen LogP contribution is -2.09. The summed E-state index contributed by atoms with van der Waals surface area (Å²) in [5, 5.41) is 8.72. The van der Waals surface area contributed by atoms with Crippen LogP contribution in [0, 0.1) is 11.3 Å². The van der Waals surface area contributed by atoms with Gasteiger partial charge in [0, 0.05) is 0 Å². The first-order valence-corrected chi connectivity index (χ1v) is 4.56. The Balaban J connectivity index is 2.62. The molecule has 1 aromatic heterocycles. The van der Waals surface area contributed by atoms with Crippen LogP contribution in [-0.4, -0.2) is 16.0 Å². The normalized spacial score (nSPS) is 10.9. The van der Waals surface area contributed by atoms with Gasteiger partial charge in [0.1, 0.15) is 0 Å². The molecule has 6 heteroatoms. The van der Waals surface area contributed by atoms with Crippen LogP contribution in [0.25, 0.3) is 11.0 Å². The largest absolute Gasteiger partial charge is 0.369 e. The Kier molecular flexibility index (Phi) is 2.44. The molecule has 2 rings (SSSR count). The van der Waals surface area contributed by atoms with E-state index in [1.807, 2.05) is 6.07 Å². The maximum absolute atomic E-state index is 12.3. The number of nitrogens with two attached hydrogens (primary N) is 1. The van der Waals surface area contributed by atoms with Gasteiger partial charge < -0.3 is 10.3 Å². The standard InChI is InChI=1S/C10H8F2N4/c11-9(12)5-16-8-3-6(4-13)1-2-7(8)15-10(16)14/h1-3,9H,5H2,(H2,14,15). The summed E-state index contributed by atoms with van der Waals surface area (Å²) in [4.78, 5) is 3.94. The Morgan fingerprint density at radius 2 is 2.25 bits per heavy atom. The Morgan fingerprint density at radius 1 is 1.50 bits per heavy atom. The van der Waals surface area contributed by atoms with E-state index in [2.05, 4.69) is 4.98 Å². The van der Waals surface area contributed by atoms with Gasteiger partial charge in [0.15, 0.2) is 0 Å². The second-order valence-electron chi connectivity index (χ2n) is 3.29. The number of benzene rings is 1. The molecule has 0 spiro atoms. The van der Waals surface area contributed by atoms with E-state index in [0.717, 1.165) is 0 Å². The van der Waals surface area contributed by atoms with Crippen LogP contribution in [0.2, 0.25) is 0 Å². The molecule has 0 aliphatic rings. The van der Waals surface area contributed by atoms with Crippen molar-refractivity contribution >= 4 is 17.0 Å². The van der Waals surface area contributed by atoms with Crippen molar-refractivity contribution in [2.75, 3.05) is 5.73 Å². The number of aromatic nitrogens is 2. The first kappa shape index (κ1) is 10.4. The zero-order valence-corrected chi connectivity index (χ0v) is 8.19. The quantitative estimate of drug-likeness (QED) is 0.841. The second kappa shape index (κ2) is 3.77. The highest BCUT2D eigenvalue weighted by atomic mass is 19.3. The summed E-state index contributed by atoms with van der Waals surface area (Å²) in [5.74, 6) is 0.0328. The molecule has 0 aliphatic carbocycles. The smallest absolute Gasteiger partial charge is 0.256 e. The summed E-state index contributed by atoms with van der Waals surface area (Å²) in [6.07, 6.45) is -2.51. The van der Waals surface area contributed by atoms with Gasteiger partial charge in [-0.25, -0.2) is 13.8 Å². The lowest BCUT2D eigenvalue weighted by Gasteiger charge is -2.04. The summed E-state index contributed by atoms with van der Waals surface area (Å²) >= 11 is 0. The molecule has 1 aromatic carbocycles. The van der Waals surface area contributed by atoms with Crippen molar-refractivity contribution in [1.82, 2.24) is 9.55 Å². The molecule has 0 saturated carbocycles. The predicted molar refractivity (Wildman–Crippen MR) is 54.9 cm³/mol. The lowest BCUT2D eigenvalue weighted by molar-refractivity contribution is 0.128. The van der Waals surface area contributed by atoms with Crippen molar-refractivity contribution in [1.29, 1.82) is 5.26 Å². The van der Waals surface area contributed by atoms with Crippen LogP contribution in [0.1, 0.15) is 5.56 Å². The first-order valence-electron chi connectivity index (χ1n) is 4.56. The van der Waals surface area contributed by atoms with Crippen molar-refractivity contribution in [3.63, 3.8) is 0 Å². The molecule has 0 aliphatic heterocycles. The molecule has 16 heavy (non-hydrogen) atoms. The van der Waals surface area contributed by atoms with Gasteiger partial charge in [-0.3, -0.25) is 0 Å². The van der Waals surface area contributed by atoms with Crippen LogP contribution >= 0.6 is 0 Å². The van der Waals surface area contributed by atoms with E-state index in [1.54, 1.807) is 12.1 Å². The van der Waals surface area contributed by atoms with Gasteiger partial charge in [0.25, 0.3) is 6.43 Å². The van der Waals surface area contributed by atoms with Crippen LogP contribution in [0.15, 0.2) is 18.2 Å². The van der Waals surface area contributed by atoms with Gasteiger partial charge in [-0.2, -0.15) is 5.26 Å². The van der Waals surface area contributed by atoms with E-state index in [0.29, 0.717) is 16.6 Å². The van der Waals surface area contributed by atoms with Gasteiger partial charge in [0.05, 0.1) is 29.2 Å². The summed E-state index contributed by atoms with van der Waals surface area (Å²) in [5.41, 5.74) is 6.89. The van der Waals surface area contributed by atoms with Crippen LogP contribution in [-0.2, 0) is 6.54 Å². The van der Waals surface area contributed by atoms with Crippen molar-refractivity contribution in [2.24, 2.45) is 0 Å². The van der Waals surface area contributed by atoms with Crippen LogP contribution in [0.3, 0.4) is 0 Å². The van der Waals surface area contributed by atoms with Crippen LogP contribution < -0.4 is 5.73 Å². The third-order valence-electron chi connectivity index (χ3n) is 2.23. The molecule has 0 fully saturated rings. The number of nitrogen functional groups attached to an aromatic ring is 1. The molecule has 82 valence electrons. The molecular weight excluding hydrogens is 214 g/mol. The Morgan fingerprint density at radius 3 is 2.88 bits per heavy atom. The maximum atomic E-state index is 12.3. The fourth-order valence-electron chi connectivity index (χ4n) is 1.54. The minimum absolute atomic E-state index is 0.0328. The Labute approximate surface area is 89.9 Å². The van der Waals surface area contributed by atoms with Gasteiger partial charge in [-0.05, 0) is 18.2 Å². The predicted octanol–water partition coefficient (Wildman–Crippen LogP) is 1.76. The monoisotopic (exact) mass is 222 g/mol. The van der Waals surface area contributed by atoms with Gasteiger partial charge in [-0.15, -0.1) is 0 Å². The highest BCUT2D eigenvalue weighted by molar-refractivity contribution is 5.79. The summed E-state index contributed by atoms with van der Waals surface area (Å²) < 4.78 is 25.8. The molecule has 0 unspecified atom stereocenters. The van der Waals surface area contributed by atoms with Crippen molar-refractivity contribution < 1.29 is 8.78 Å². The maximum Gasteiger partial charge on any atom is 0.256 e. The number of nitrogens with zero attached hydrogens (tertiary/aromatic N) is 3. The van der Waals surface area contributed by atoms with E-state index in [-0.39, 0.29) is 5.95 Å².